The van der Waals surface area contributed by atoms with Gasteiger partial charge in [-0.25, -0.2) is 4.39 Å². The Kier molecular flexibility index (Phi) is 3.35. The van der Waals surface area contributed by atoms with Crippen molar-refractivity contribution in [1.82, 2.24) is 9.55 Å². The molecule has 5 heteroatoms. The molecule has 1 unspecified atom stereocenters. The first-order chi connectivity index (χ1) is 7.63. The van der Waals surface area contributed by atoms with Crippen LogP contribution in [0.1, 0.15) is 13.0 Å². The van der Waals surface area contributed by atoms with Gasteiger partial charge in [-0.2, -0.15) is 11.8 Å². The molecule has 0 aliphatic carbocycles. The summed E-state index contributed by atoms with van der Waals surface area (Å²) in [5.74, 6) is 0.726. The average Bonchev–Trinajstić information content (AvgIpc) is 2.53. The number of hydrogen-bond donors (Lipinski definition) is 1. The number of halogens is 1. The van der Waals surface area contributed by atoms with Crippen molar-refractivity contribution in [3.63, 3.8) is 0 Å². The second kappa shape index (κ2) is 4.59. The van der Waals surface area contributed by atoms with Crippen molar-refractivity contribution < 1.29 is 4.39 Å². The van der Waals surface area contributed by atoms with Crippen molar-refractivity contribution in [3.8, 4) is 0 Å². The van der Waals surface area contributed by atoms with Crippen molar-refractivity contribution in [2.75, 3.05) is 12.0 Å². The van der Waals surface area contributed by atoms with E-state index in [0.717, 1.165) is 16.8 Å². The molecule has 1 heterocycles. The van der Waals surface area contributed by atoms with E-state index in [0.29, 0.717) is 4.77 Å². The zero-order valence-electron chi connectivity index (χ0n) is 9.16. The van der Waals surface area contributed by atoms with Gasteiger partial charge in [0.15, 0.2) is 4.77 Å². The second-order valence-electron chi connectivity index (χ2n) is 3.77. The first-order valence-corrected chi connectivity index (χ1v) is 6.82. The molecule has 2 nitrogen and oxygen atoms in total. The van der Waals surface area contributed by atoms with E-state index in [-0.39, 0.29) is 11.9 Å². The highest BCUT2D eigenvalue weighted by atomic mass is 32.2. The third-order valence-electron chi connectivity index (χ3n) is 2.53. The molecule has 1 atom stereocenters. The lowest BCUT2D eigenvalue weighted by Gasteiger charge is -2.12. The molecule has 2 aromatic rings. The standard InChI is InChI=1S/C11H13FN2S2/c1-7(6-16-2)14-10-5-8(12)3-4-9(10)13-11(14)15/h3-5,7H,6H2,1-2H3,(H,13,15). The fourth-order valence-corrected chi connectivity index (χ4v) is 2.87. The van der Waals surface area contributed by atoms with Crippen molar-refractivity contribution in [1.29, 1.82) is 0 Å². The Bertz CT molecular complexity index is 559. The first kappa shape index (κ1) is 11.7. The van der Waals surface area contributed by atoms with Crippen LogP contribution in [0.5, 0.6) is 0 Å². The Hall–Kier alpha value is -0.810. The van der Waals surface area contributed by atoms with Gasteiger partial charge in [0.25, 0.3) is 0 Å². The van der Waals surface area contributed by atoms with Crippen LogP contribution in [0.15, 0.2) is 18.2 Å². The van der Waals surface area contributed by atoms with Gasteiger partial charge < -0.3 is 9.55 Å². The van der Waals surface area contributed by atoms with Crippen molar-refractivity contribution in [3.05, 3.63) is 28.8 Å². The smallest absolute Gasteiger partial charge is 0.178 e. The molecule has 2 rings (SSSR count). The van der Waals surface area contributed by atoms with Gasteiger partial charge in [-0.15, -0.1) is 0 Å². The maximum atomic E-state index is 13.2. The minimum absolute atomic E-state index is 0.230. The maximum Gasteiger partial charge on any atom is 0.178 e. The molecule has 1 N–H and O–H groups in total. The summed E-state index contributed by atoms with van der Waals surface area (Å²) < 4.78 is 15.8. The Morgan fingerprint density at radius 2 is 2.31 bits per heavy atom. The third kappa shape index (κ3) is 2.01. The van der Waals surface area contributed by atoms with Crippen LogP contribution >= 0.6 is 24.0 Å². The van der Waals surface area contributed by atoms with E-state index >= 15 is 0 Å². The molecule has 0 amide bonds. The molecule has 0 aliphatic heterocycles. The van der Waals surface area contributed by atoms with E-state index < -0.39 is 0 Å². The first-order valence-electron chi connectivity index (χ1n) is 5.02. The van der Waals surface area contributed by atoms with Crippen LogP contribution in [0.4, 0.5) is 4.39 Å². The predicted molar refractivity (Wildman–Crippen MR) is 70.2 cm³/mol. The number of H-pyrrole nitrogens is 1. The Morgan fingerprint density at radius 3 is 3.00 bits per heavy atom. The summed E-state index contributed by atoms with van der Waals surface area (Å²) in [6, 6.07) is 4.95. The molecule has 0 bridgehead atoms. The highest BCUT2D eigenvalue weighted by molar-refractivity contribution is 7.98. The second-order valence-corrected chi connectivity index (χ2v) is 5.06. The van der Waals surface area contributed by atoms with Crippen LogP contribution in [-0.4, -0.2) is 21.6 Å². The minimum Gasteiger partial charge on any atom is -0.331 e. The quantitative estimate of drug-likeness (QED) is 0.844. The molecule has 86 valence electrons. The number of aromatic nitrogens is 2. The van der Waals surface area contributed by atoms with E-state index in [1.54, 1.807) is 17.8 Å². The van der Waals surface area contributed by atoms with Crippen LogP contribution in [0.3, 0.4) is 0 Å². The third-order valence-corrected chi connectivity index (χ3v) is 3.64. The van der Waals surface area contributed by atoms with Crippen LogP contribution in [-0.2, 0) is 0 Å². The number of thioether (sulfide) groups is 1. The molecule has 0 saturated heterocycles. The van der Waals surface area contributed by atoms with E-state index in [2.05, 4.69) is 18.2 Å². The summed E-state index contributed by atoms with van der Waals surface area (Å²) >= 11 is 7.02. The van der Waals surface area contributed by atoms with Gasteiger partial charge in [0.2, 0.25) is 0 Å². The molecule has 0 aliphatic rings. The zero-order chi connectivity index (χ0) is 11.7. The number of nitrogens with zero attached hydrogens (tertiary/aromatic N) is 1. The zero-order valence-corrected chi connectivity index (χ0v) is 10.8. The summed E-state index contributed by atoms with van der Waals surface area (Å²) in [6.45, 7) is 2.09. The molecule has 1 aromatic heterocycles. The van der Waals surface area contributed by atoms with Crippen molar-refractivity contribution >= 4 is 35.0 Å². The molecular weight excluding hydrogens is 243 g/mol. The number of imidazole rings is 1. The van der Waals surface area contributed by atoms with E-state index in [4.69, 9.17) is 12.2 Å². The van der Waals surface area contributed by atoms with Crippen molar-refractivity contribution in [2.45, 2.75) is 13.0 Å². The summed E-state index contributed by atoms with van der Waals surface area (Å²) in [4.78, 5) is 3.10. The van der Waals surface area contributed by atoms with Crippen LogP contribution in [0, 0.1) is 10.6 Å². The Balaban J connectivity index is 2.62. The molecule has 1 aromatic carbocycles. The summed E-state index contributed by atoms with van der Waals surface area (Å²) in [5, 5.41) is 0. The number of fused-ring (bicyclic) bond motifs is 1. The number of nitrogens with one attached hydrogen (secondary N) is 1. The van der Waals surface area contributed by atoms with Crippen molar-refractivity contribution in [2.24, 2.45) is 0 Å². The van der Waals surface area contributed by atoms with Gasteiger partial charge in [0.1, 0.15) is 5.82 Å². The number of hydrogen-bond acceptors (Lipinski definition) is 2. The monoisotopic (exact) mass is 256 g/mol. The summed E-state index contributed by atoms with van der Waals surface area (Å²) in [7, 11) is 0. The van der Waals surface area contributed by atoms with Crippen LogP contribution in [0.25, 0.3) is 11.0 Å². The van der Waals surface area contributed by atoms with Crippen LogP contribution in [0.2, 0.25) is 0 Å². The minimum atomic E-state index is -0.230. The molecule has 0 saturated carbocycles. The number of aromatic amines is 1. The van der Waals surface area contributed by atoms with Gasteiger partial charge in [-0.05, 0) is 43.6 Å². The van der Waals surface area contributed by atoms with Crippen LogP contribution < -0.4 is 0 Å². The molecular formula is C11H13FN2S2. The fraction of sp³-hybridized carbons (Fsp3) is 0.364. The van der Waals surface area contributed by atoms with Gasteiger partial charge in [-0.1, -0.05) is 0 Å². The van der Waals surface area contributed by atoms with Gasteiger partial charge >= 0.3 is 0 Å². The fourth-order valence-electron chi connectivity index (χ4n) is 1.85. The summed E-state index contributed by atoms with van der Waals surface area (Å²) in [5.41, 5.74) is 1.73. The van der Waals surface area contributed by atoms with Gasteiger partial charge in [0.05, 0.1) is 11.0 Å². The van der Waals surface area contributed by atoms with E-state index in [1.807, 2.05) is 4.57 Å². The highest BCUT2D eigenvalue weighted by Crippen LogP contribution is 2.21. The average molecular weight is 256 g/mol. The van der Waals surface area contributed by atoms with E-state index in [9.17, 15) is 4.39 Å². The lowest BCUT2D eigenvalue weighted by molar-refractivity contribution is 0.610. The normalized spacial score (nSPS) is 13.2. The predicted octanol–water partition coefficient (Wildman–Crippen LogP) is 3.76. The molecule has 16 heavy (non-hydrogen) atoms. The van der Waals surface area contributed by atoms with Gasteiger partial charge in [-0.3, -0.25) is 0 Å². The SMILES string of the molecule is CSCC(C)n1c(=S)[nH]c2ccc(F)cc21. The van der Waals surface area contributed by atoms with Gasteiger partial charge in [0, 0.05) is 11.8 Å². The highest BCUT2D eigenvalue weighted by Gasteiger charge is 2.11. The Morgan fingerprint density at radius 1 is 1.56 bits per heavy atom. The number of rotatable bonds is 3. The largest absolute Gasteiger partial charge is 0.331 e. The molecule has 0 spiro atoms. The summed E-state index contributed by atoms with van der Waals surface area (Å²) in [6.07, 6.45) is 2.05. The maximum absolute atomic E-state index is 13.2. The lowest BCUT2D eigenvalue weighted by atomic mass is 10.3. The van der Waals surface area contributed by atoms with E-state index in [1.165, 1.54) is 12.1 Å². The lowest BCUT2D eigenvalue weighted by Crippen LogP contribution is -2.07. The Labute approximate surface area is 103 Å². The molecule has 0 fully saturated rings. The number of benzene rings is 1. The topological polar surface area (TPSA) is 20.7 Å². The molecule has 0 radical (unpaired) electrons.